The van der Waals surface area contributed by atoms with Gasteiger partial charge in [-0.1, -0.05) is 0 Å². The second-order valence-electron chi connectivity index (χ2n) is 8.37. The topological polar surface area (TPSA) is 139 Å². The maximum atomic E-state index is 12.5. The third-order valence-corrected chi connectivity index (χ3v) is 5.80. The molecule has 0 bridgehead atoms. The van der Waals surface area contributed by atoms with Crippen LogP contribution in [0.5, 0.6) is 0 Å². The van der Waals surface area contributed by atoms with Crippen LogP contribution in [0.1, 0.15) is 12.6 Å². The Balaban J connectivity index is 1.50. The zero-order valence-corrected chi connectivity index (χ0v) is 19.4. The molecule has 3 aromatic rings. The van der Waals surface area contributed by atoms with Crippen molar-refractivity contribution in [1.29, 1.82) is 0 Å². The van der Waals surface area contributed by atoms with Crippen molar-refractivity contribution in [1.82, 2.24) is 20.2 Å². The number of carbonyl (C=O) groups is 1. The van der Waals surface area contributed by atoms with Gasteiger partial charge in [-0.15, -0.1) is 0 Å². The summed E-state index contributed by atoms with van der Waals surface area (Å²) >= 11 is 1.20. The minimum Gasteiger partial charge on any atom is -0.386 e. The van der Waals surface area contributed by atoms with Crippen molar-refractivity contribution in [2.75, 3.05) is 28.6 Å². The molecule has 1 unspecified atom stereocenters. The van der Waals surface area contributed by atoms with E-state index in [1.165, 1.54) is 23.9 Å². The number of amides is 1. The number of aromatic amines is 1. The van der Waals surface area contributed by atoms with E-state index < -0.39 is 23.8 Å². The smallest absolute Gasteiger partial charge is 0.386 e. The quantitative estimate of drug-likeness (QED) is 0.304. The Bertz CT molecular complexity index is 1210. The molecular weight excluding hydrogens is 487 g/mol. The van der Waals surface area contributed by atoms with Gasteiger partial charge in [0, 0.05) is 41.5 Å². The first kappa shape index (κ1) is 24.8. The van der Waals surface area contributed by atoms with Crippen LogP contribution < -0.4 is 15.5 Å². The summed E-state index contributed by atoms with van der Waals surface area (Å²) in [5.74, 6) is 0.0953. The molecule has 1 aromatic carbocycles. The normalized spacial score (nSPS) is 15.9. The molecule has 1 fully saturated rings. The standard InChI is InChI=1S/C21H22F3N7O3S/c1-11-7-15(30-29-11)26-14-8-16(31-9-20(2,34)10-31)28-19(27-14)35-13-5-3-12(4-6-13)25-18(33)17(32)21(22,23)24/h3-8,17,32,34H,9-10H2,1-2H3,(H,25,33)(H2,26,27,28,29,30). The Kier molecular flexibility index (Phi) is 6.62. The number of anilines is 4. The Morgan fingerprint density at radius 2 is 1.89 bits per heavy atom. The highest BCUT2D eigenvalue weighted by Gasteiger charge is 2.43. The van der Waals surface area contributed by atoms with Gasteiger partial charge < -0.3 is 25.7 Å². The van der Waals surface area contributed by atoms with Crippen molar-refractivity contribution in [3.63, 3.8) is 0 Å². The summed E-state index contributed by atoms with van der Waals surface area (Å²) in [6, 6.07) is 9.53. The molecule has 1 aliphatic rings. The highest BCUT2D eigenvalue weighted by Crippen LogP contribution is 2.33. The monoisotopic (exact) mass is 509 g/mol. The third kappa shape index (κ3) is 6.21. The molecule has 35 heavy (non-hydrogen) atoms. The Morgan fingerprint density at radius 3 is 2.46 bits per heavy atom. The lowest BCUT2D eigenvalue weighted by molar-refractivity contribution is -0.202. The largest absolute Gasteiger partial charge is 0.423 e. The number of aryl methyl sites for hydroxylation is 1. The van der Waals surface area contributed by atoms with Gasteiger partial charge >= 0.3 is 6.18 Å². The number of β-amino-alcohol motifs (C(OH)–C–C–N with tert-alkyl or cyclic N) is 1. The molecule has 10 nitrogen and oxygen atoms in total. The van der Waals surface area contributed by atoms with Crippen LogP contribution >= 0.6 is 11.8 Å². The van der Waals surface area contributed by atoms with E-state index in [1.807, 2.05) is 23.2 Å². The van der Waals surface area contributed by atoms with Crippen molar-refractivity contribution in [3.8, 4) is 0 Å². The summed E-state index contributed by atoms with van der Waals surface area (Å²) in [6.07, 6.45) is -8.16. The van der Waals surface area contributed by atoms with E-state index in [0.29, 0.717) is 40.6 Å². The van der Waals surface area contributed by atoms with E-state index in [-0.39, 0.29) is 5.69 Å². The molecule has 3 heterocycles. The molecule has 5 N–H and O–H groups in total. The van der Waals surface area contributed by atoms with Gasteiger partial charge in [0.05, 0.1) is 5.60 Å². The maximum absolute atomic E-state index is 12.5. The van der Waals surface area contributed by atoms with Crippen molar-refractivity contribution in [2.45, 2.75) is 41.8 Å². The molecule has 0 aliphatic carbocycles. The van der Waals surface area contributed by atoms with Gasteiger partial charge in [0.15, 0.2) is 11.0 Å². The summed E-state index contributed by atoms with van der Waals surface area (Å²) in [4.78, 5) is 23.2. The SMILES string of the molecule is Cc1cc(Nc2cc(N3CC(C)(O)C3)nc(Sc3ccc(NC(=O)C(O)C(F)(F)F)cc3)n2)n[nH]1. The number of nitrogens with zero attached hydrogens (tertiary/aromatic N) is 4. The average molecular weight is 510 g/mol. The zero-order chi connectivity index (χ0) is 25.4. The first-order valence-electron chi connectivity index (χ1n) is 10.4. The first-order valence-corrected chi connectivity index (χ1v) is 11.2. The molecule has 186 valence electrons. The number of aliphatic hydroxyl groups is 2. The maximum Gasteiger partial charge on any atom is 0.423 e. The predicted molar refractivity (Wildman–Crippen MR) is 123 cm³/mol. The fourth-order valence-electron chi connectivity index (χ4n) is 3.31. The fraction of sp³-hybridized carbons (Fsp3) is 0.333. The van der Waals surface area contributed by atoms with Crippen LogP contribution in [-0.4, -0.2) is 67.3 Å². The van der Waals surface area contributed by atoms with Crippen LogP contribution in [0, 0.1) is 6.92 Å². The van der Waals surface area contributed by atoms with Gasteiger partial charge in [-0.05, 0) is 49.9 Å². The van der Waals surface area contributed by atoms with Gasteiger partial charge in [0.2, 0.25) is 6.10 Å². The number of benzene rings is 1. The van der Waals surface area contributed by atoms with Crippen LogP contribution in [0.15, 0.2) is 46.5 Å². The number of alkyl halides is 3. The molecule has 4 rings (SSSR count). The fourth-order valence-corrected chi connectivity index (χ4v) is 4.07. The van der Waals surface area contributed by atoms with Crippen LogP contribution in [0.25, 0.3) is 0 Å². The van der Waals surface area contributed by atoms with E-state index in [4.69, 9.17) is 5.11 Å². The Labute approximate surface area is 202 Å². The van der Waals surface area contributed by atoms with E-state index in [2.05, 4.69) is 25.5 Å². The number of aliphatic hydroxyl groups excluding tert-OH is 1. The summed E-state index contributed by atoms with van der Waals surface area (Å²) in [5.41, 5.74) is 0.159. The Morgan fingerprint density at radius 1 is 1.20 bits per heavy atom. The van der Waals surface area contributed by atoms with E-state index in [0.717, 1.165) is 5.69 Å². The number of hydrogen-bond acceptors (Lipinski definition) is 9. The highest BCUT2D eigenvalue weighted by atomic mass is 32.2. The van der Waals surface area contributed by atoms with Crippen molar-refractivity contribution in [2.24, 2.45) is 0 Å². The van der Waals surface area contributed by atoms with Gasteiger partial charge in [-0.25, -0.2) is 9.97 Å². The van der Waals surface area contributed by atoms with Crippen LogP contribution in [-0.2, 0) is 4.79 Å². The Hall–Kier alpha value is -3.36. The number of rotatable bonds is 7. The van der Waals surface area contributed by atoms with Crippen LogP contribution in [0.4, 0.5) is 36.3 Å². The van der Waals surface area contributed by atoms with Gasteiger partial charge in [0.25, 0.3) is 5.91 Å². The summed E-state index contributed by atoms with van der Waals surface area (Å²) < 4.78 is 37.5. The number of aromatic nitrogens is 4. The summed E-state index contributed by atoms with van der Waals surface area (Å²) in [7, 11) is 0. The van der Waals surface area contributed by atoms with Crippen LogP contribution in [0.2, 0.25) is 0 Å². The van der Waals surface area contributed by atoms with Crippen LogP contribution in [0.3, 0.4) is 0 Å². The lowest BCUT2D eigenvalue weighted by atomic mass is 9.97. The number of carbonyl (C=O) groups excluding carboxylic acids is 1. The van der Waals surface area contributed by atoms with E-state index >= 15 is 0 Å². The lowest BCUT2D eigenvalue weighted by Gasteiger charge is -2.45. The van der Waals surface area contributed by atoms with Gasteiger partial charge in [-0.3, -0.25) is 9.89 Å². The second kappa shape index (κ2) is 9.36. The molecular formula is C21H22F3N7O3S. The zero-order valence-electron chi connectivity index (χ0n) is 18.6. The number of hydrogen-bond donors (Lipinski definition) is 5. The van der Waals surface area contributed by atoms with E-state index in [1.54, 1.807) is 25.1 Å². The molecule has 1 saturated heterocycles. The molecule has 14 heteroatoms. The van der Waals surface area contributed by atoms with Crippen molar-refractivity contribution < 1.29 is 28.2 Å². The minimum atomic E-state index is -5.05. The molecule has 0 saturated carbocycles. The third-order valence-electron chi connectivity index (χ3n) is 4.93. The lowest BCUT2D eigenvalue weighted by Crippen LogP contribution is -2.60. The molecule has 1 aliphatic heterocycles. The van der Waals surface area contributed by atoms with Gasteiger partial charge in [0.1, 0.15) is 11.6 Å². The minimum absolute atomic E-state index is 0.0939. The summed E-state index contributed by atoms with van der Waals surface area (Å²) in [6.45, 7) is 4.42. The summed E-state index contributed by atoms with van der Waals surface area (Å²) in [5, 5.41) is 31.6. The number of halogens is 3. The molecule has 1 atom stereocenters. The second-order valence-corrected chi connectivity index (χ2v) is 9.41. The molecule has 0 spiro atoms. The molecule has 0 radical (unpaired) electrons. The van der Waals surface area contributed by atoms with Crippen molar-refractivity contribution >= 4 is 40.8 Å². The molecule has 2 aromatic heterocycles. The number of H-pyrrole nitrogens is 1. The average Bonchev–Trinajstić information content (AvgIpc) is 3.16. The number of nitrogens with one attached hydrogen (secondary N) is 3. The van der Waals surface area contributed by atoms with Crippen molar-refractivity contribution in [3.05, 3.63) is 42.1 Å². The highest BCUT2D eigenvalue weighted by molar-refractivity contribution is 7.99. The van der Waals surface area contributed by atoms with Gasteiger partial charge in [-0.2, -0.15) is 18.3 Å². The predicted octanol–water partition coefficient (Wildman–Crippen LogP) is 2.84. The molecule has 1 amide bonds. The first-order chi connectivity index (χ1) is 16.4. The van der Waals surface area contributed by atoms with E-state index in [9.17, 15) is 23.1 Å².